The van der Waals surface area contributed by atoms with Crippen LogP contribution in [0.25, 0.3) is 21.8 Å². The number of fused-ring (bicyclic) bond motifs is 2. The highest BCUT2D eigenvalue weighted by atomic mass is 16.5. The number of aromatic nitrogens is 2. The number of nitrogens with zero attached hydrogens (tertiary/aromatic N) is 3. The number of nitrogens with one attached hydrogen (secondary N) is 1. The molecule has 2 heterocycles. The van der Waals surface area contributed by atoms with Crippen LogP contribution in [0, 0.1) is 0 Å². The maximum atomic E-state index is 5.49. The molecule has 0 bridgehead atoms. The van der Waals surface area contributed by atoms with Gasteiger partial charge >= 0.3 is 0 Å². The Balaban J connectivity index is 1.39. The fourth-order valence-electron chi connectivity index (χ4n) is 4.52. The second-order valence-electron chi connectivity index (χ2n) is 8.70. The van der Waals surface area contributed by atoms with E-state index in [-0.39, 0.29) is 0 Å². The highest BCUT2D eigenvalue weighted by Crippen LogP contribution is 2.30. The largest absolute Gasteiger partial charge is 0.497 e. The summed E-state index contributed by atoms with van der Waals surface area (Å²) in [5, 5.41) is 5.99. The van der Waals surface area contributed by atoms with Crippen LogP contribution in [0.3, 0.4) is 0 Å². The van der Waals surface area contributed by atoms with Crippen LogP contribution >= 0.6 is 0 Å². The van der Waals surface area contributed by atoms with E-state index in [4.69, 9.17) is 14.5 Å². The van der Waals surface area contributed by atoms with Gasteiger partial charge in [-0.2, -0.15) is 0 Å². The van der Waals surface area contributed by atoms with Gasteiger partial charge in [-0.3, -0.25) is 9.88 Å². The van der Waals surface area contributed by atoms with Crippen LogP contribution in [0.5, 0.6) is 11.5 Å². The first kappa shape index (κ1) is 23.6. The Hall–Kier alpha value is -4.16. The number of pyridine rings is 2. The van der Waals surface area contributed by atoms with Crippen molar-refractivity contribution in [1.82, 2.24) is 14.9 Å². The van der Waals surface area contributed by atoms with Gasteiger partial charge in [-0.25, -0.2) is 4.98 Å². The first-order valence-electron chi connectivity index (χ1n) is 12.1. The number of benzene rings is 3. The zero-order valence-electron chi connectivity index (χ0n) is 20.6. The second kappa shape index (κ2) is 11.1. The number of anilines is 1. The molecule has 0 unspecified atom stereocenters. The predicted molar refractivity (Wildman–Crippen MR) is 146 cm³/mol. The van der Waals surface area contributed by atoms with Gasteiger partial charge in [-0.05, 0) is 42.0 Å². The molecule has 36 heavy (non-hydrogen) atoms. The molecule has 182 valence electrons. The third-order valence-corrected chi connectivity index (χ3v) is 6.25. The highest BCUT2D eigenvalue weighted by molar-refractivity contribution is 6.07. The van der Waals surface area contributed by atoms with E-state index in [1.807, 2.05) is 36.5 Å². The van der Waals surface area contributed by atoms with E-state index < -0.39 is 0 Å². The summed E-state index contributed by atoms with van der Waals surface area (Å²) in [6.07, 6.45) is 1.84. The molecule has 0 aliphatic heterocycles. The number of ether oxygens (including phenoxy) is 2. The maximum absolute atomic E-state index is 5.49. The molecule has 0 radical (unpaired) electrons. The monoisotopic (exact) mass is 478 g/mol. The molecule has 6 heteroatoms. The first-order valence-corrected chi connectivity index (χ1v) is 12.1. The minimum atomic E-state index is 0.736. The molecule has 0 aliphatic rings. The number of rotatable bonds is 10. The first-order chi connectivity index (χ1) is 17.7. The van der Waals surface area contributed by atoms with Crippen molar-refractivity contribution in [3.05, 3.63) is 102 Å². The summed E-state index contributed by atoms with van der Waals surface area (Å²) in [7, 11) is 3.36. The van der Waals surface area contributed by atoms with Crippen molar-refractivity contribution in [2.24, 2.45) is 0 Å². The molecule has 0 spiro atoms. The Kier molecular flexibility index (Phi) is 7.24. The lowest BCUT2D eigenvalue weighted by Gasteiger charge is -2.23. The van der Waals surface area contributed by atoms with Gasteiger partial charge in [0.25, 0.3) is 0 Å². The summed E-state index contributed by atoms with van der Waals surface area (Å²) in [5.74, 6) is 1.57. The molecule has 5 aromatic rings. The topological polar surface area (TPSA) is 59.5 Å². The van der Waals surface area contributed by atoms with Crippen LogP contribution in [-0.2, 0) is 13.1 Å². The third-order valence-electron chi connectivity index (χ3n) is 6.25. The molecular weight excluding hydrogens is 448 g/mol. The van der Waals surface area contributed by atoms with Crippen LogP contribution in [0.1, 0.15) is 11.3 Å². The van der Waals surface area contributed by atoms with Gasteiger partial charge in [0, 0.05) is 49.2 Å². The Morgan fingerprint density at radius 3 is 2.00 bits per heavy atom. The Bertz CT molecular complexity index is 1380. The average molecular weight is 479 g/mol. The van der Waals surface area contributed by atoms with Gasteiger partial charge in [0.05, 0.1) is 36.6 Å². The van der Waals surface area contributed by atoms with Gasteiger partial charge in [0.1, 0.15) is 11.5 Å². The number of para-hydroxylation sites is 2. The molecule has 3 aromatic carbocycles. The second-order valence-corrected chi connectivity index (χ2v) is 8.70. The van der Waals surface area contributed by atoms with Crippen molar-refractivity contribution in [3.8, 4) is 11.5 Å². The smallest absolute Gasteiger partial charge is 0.122 e. The van der Waals surface area contributed by atoms with E-state index in [2.05, 4.69) is 69.8 Å². The number of hydrogen-bond donors (Lipinski definition) is 1. The molecule has 5 rings (SSSR count). The Morgan fingerprint density at radius 1 is 0.750 bits per heavy atom. The molecule has 0 saturated heterocycles. The highest BCUT2D eigenvalue weighted by Gasteiger charge is 2.12. The molecule has 0 atom stereocenters. The normalized spacial score (nSPS) is 11.2. The van der Waals surface area contributed by atoms with Gasteiger partial charge < -0.3 is 14.8 Å². The van der Waals surface area contributed by atoms with E-state index >= 15 is 0 Å². The van der Waals surface area contributed by atoms with Crippen LogP contribution in [0.15, 0.2) is 91.1 Å². The number of methoxy groups -OCH3 is 2. The SMILES string of the molecule is COc1cc(CN(CCNc2c3ccccc3nc3ccccc23)Cc2ccccn2)cc(OC)c1. The van der Waals surface area contributed by atoms with Gasteiger partial charge in [0.2, 0.25) is 0 Å². The van der Waals surface area contributed by atoms with Crippen molar-refractivity contribution in [3.63, 3.8) is 0 Å². The summed E-state index contributed by atoms with van der Waals surface area (Å²) in [6, 6.07) is 28.6. The lowest BCUT2D eigenvalue weighted by Crippen LogP contribution is -2.29. The summed E-state index contributed by atoms with van der Waals surface area (Å²) in [4.78, 5) is 11.8. The van der Waals surface area contributed by atoms with Crippen molar-refractivity contribution in [2.75, 3.05) is 32.6 Å². The average Bonchev–Trinajstić information content (AvgIpc) is 2.93. The lowest BCUT2D eigenvalue weighted by atomic mass is 10.1. The summed E-state index contributed by atoms with van der Waals surface area (Å²) in [6.45, 7) is 3.07. The predicted octanol–water partition coefficient (Wildman–Crippen LogP) is 5.91. The fourth-order valence-corrected chi connectivity index (χ4v) is 4.52. The summed E-state index contributed by atoms with van der Waals surface area (Å²) in [5.41, 5.74) is 5.27. The quantitative estimate of drug-likeness (QED) is 0.252. The standard InChI is InChI=1S/C30H30N4O2/c1-35-24-17-22(18-25(19-24)36-2)20-34(21-23-9-7-8-14-31-23)16-15-32-30-26-10-3-5-12-28(26)33-29-13-6-4-11-27(29)30/h3-14,17-19H,15-16,20-21H2,1-2H3,(H,32,33). The summed E-state index contributed by atoms with van der Waals surface area (Å²) >= 11 is 0. The number of hydrogen-bond acceptors (Lipinski definition) is 6. The van der Waals surface area contributed by atoms with E-state index in [0.29, 0.717) is 0 Å². The zero-order chi connectivity index (χ0) is 24.7. The fraction of sp³-hybridized carbons (Fsp3) is 0.200. The van der Waals surface area contributed by atoms with Crippen LogP contribution in [-0.4, -0.2) is 42.2 Å². The minimum absolute atomic E-state index is 0.736. The van der Waals surface area contributed by atoms with E-state index in [0.717, 1.165) is 76.4 Å². The molecular formula is C30H30N4O2. The molecule has 6 nitrogen and oxygen atoms in total. The van der Waals surface area contributed by atoms with E-state index in [9.17, 15) is 0 Å². The molecule has 0 saturated carbocycles. The third kappa shape index (κ3) is 5.39. The van der Waals surface area contributed by atoms with Gasteiger partial charge in [0.15, 0.2) is 0 Å². The Morgan fingerprint density at radius 2 is 1.39 bits per heavy atom. The van der Waals surface area contributed by atoms with Crippen LogP contribution in [0.2, 0.25) is 0 Å². The van der Waals surface area contributed by atoms with Crippen LogP contribution in [0.4, 0.5) is 5.69 Å². The molecule has 0 fully saturated rings. The lowest BCUT2D eigenvalue weighted by molar-refractivity contribution is 0.263. The molecule has 0 amide bonds. The van der Waals surface area contributed by atoms with Crippen molar-refractivity contribution >= 4 is 27.5 Å². The van der Waals surface area contributed by atoms with Crippen molar-refractivity contribution < 1.29 is 9.47 Å². The van der Waals surface area contributed by atoms with E-state index in [1.54, 1.807) is 14.2 Å². The van der Waals surface area contributed by atoms with Crippen molar-refractivity contribution in [2.45, 2.75) is 13.1 Å². The van der Waals surface area contributed by atoms with E-state index in [1.165, 1.54) is 0 Å². The molecule has 2 aromatic heterocycles. The molecule has 0 aliphatic carbocycles. The Labute approximate surface area is 211 Å². The van der Waals surface area contributed by atoms with Crippen LogP contribution < -0.4 is 14.8 Å². The molecule has 1 N–H and O–H groups in total. The zero-order valence-corrected chi connectivity index (χ0v) is 20.6. The van der Waals surface area contributed by atoms with Gasteiger partial charge in [-0.15, -0.1) is 0 Å². The maximum Gasteiger partial charge on any atom is 0.122 e. The van der Waals surface area contributed by atoms with Gasteiger partial charge in [-0.1, -0.05) is 42.5 Å². The van der Waals surface area contributed by atoms with Crippen molar-refractivity contribution in [1.29, 1.82) is 0 Å². The summed E-state index contributed by atoms with van der Waals surface area (Å²) < 4.78 is 11.0. The minimum Gasteiger partial charge on any atom is -0.497 e.